The van der Waals surface area contributed by atoms with E-state index in [1.165, 1.54) is 4.90 Å². The van der Waals surface area contributed by atoms with E-state index in [1.54, 1.807) is 11.8 Å². The molecular formula is C24H30N2O3S. The van der Waals surface area contributed by atoms with E-state index in [0.717, 1.165) is 69.2 Å². The van der Waals surface area contributed by atoms with Gasteiger partial charge in [0.15, 0.2) is 0 Å². The van der Waals surface area contributed by atoms with Gasteiger partial charge in [0.05, 0.1) is 18.8 Å². The SMILES string of the molecule is CSc1ccc(C(=NOCc2ccccc2)C2(N3CCOCC3)CCOCC2)cc1. The smallest absolute Gasteiger partial charge is 0.142 e. The molecule has 2 aliphatic heterocycles. The molecule has 0 atom stereocenters. The van der Waals surface area contributed by atoms with Crippen LogP contribution in [0, 0.1) is 0 Å². The molecule has 4 rings (SSSR count). The first-order chi connectivity index (χ1) is 14.8. The van der Waals surface area contributed by atoms with Crippen molar-refractivity contribution in [1.82, 2.24) is 4.90 Å². The molecule has 2 fully saturated rings. The first-order valence-electron chi connectivity index (χ1n) is 10.6. The van der Waals surface area contributed by atoms with Crippen molar-refractivity contribution >= 4 is 17.5 Å². The Kier molecular flexibility index (Phi) is 7.44. The lowest BCUT2D eigenvalue weighted by Gasteiger charge is -2.48. The number of morpholine rings is 1. The van der Waals surface area contributed by atoms with Gasteiger partial charge >= 0.3 is 0 Å². The van der Waals surface area contributed by atoms with Crippen molar-refractivity contribution in [3.8, 4) is 0 Å². The highest BCUT2D eigenvalue weighted by Crippen LogP contribution is 2.34. The molecule has 2 aromatic rings. The fourth-order valence-electron chi connectivity index (χ4n) is 4.30. The second-order valence-corrected chi connectivity index (χ2v) is 8.55. The molecule has 6 heteroatoms. The van der Waals surface area contributed by atoms with Gasteiger partial charge in [0.25, 0.3) is 0 Å². The maximum atomic E-state index is 5.95. The molecule has 0 spiro atoms. The molecule has 0 saturated carbocycles. The van der Waals surface area contributed by atoms with E-state index in [4.69, 9.17) is 19.5 Å². The minimum atomic E-state index is -0.195. The zero-order chi connectivity index (χ0) is 20.7. The summed E-state index contributed by atoms with van der Waals surface area (Å²) >= 11 is 1.75. The lowest BCUT2D eigenvalue weighted by molar-refractivity contribution is -0.0437. The van der Waals surface area contributed by atoms with Crippen molar-refractivity contribution in [2.24, 2.45) is 5.16 Å². The van der Waals surface area contributed by atoms with Crippen LogP contribution in [0.25, 0.3) is 0 Å². The molecule has 30 heavy (non-hydrogen) atoms. The Hall–Kier alpha value is -1.86. The number of nitrogens with zero attached hydrogens (tertiary/aromatic N) is 2. The average Bonchev–Trinajstić information content (AvgIpc) is 2.84. The average molecular weight is 427 g/mol. The van der Waals surface area contributed by atoms with Crippen LogP contribution >= 0.6 is 11.8 Å². The van der Waals surface area contributed by atoms with E-state index < -0.39 is 0 Å². The van der Waals surface area contributed by atoms with E-state index in [9.17, 15) is 0 Å². The highest BCUT2D eigenvalue weighted by molar-refractivity contribution is 7.98. The topological polar surface area (TPSA) is 43.3 Å². The van der Waals surface area contributed by atoms with Crippen molar-refractivity contribution in [1.29, 1.82) is 0 Å². The molecule has 0 aliphatic carbocycles. The Balaban J connectivity index is 1.68. The van der Waals surface area contributed by atoms with Crippen LogP contribution in [0.5, 0.6) is 0 Å². The summed E-state index contributed by atoms with van der Waals surface area (Å²) in [5.41, 5.74) is 3.05. The van der Waals surface area contributed by atoms with Crippen LogP contribution in [-0.4, -0.2) is 61.9 Å². The van der Waals surface area contributed by atoms with E-state index in [-0.39, 0.29) is 5.54 Å². The summed E-state index contributed by atoms with van der Waals surface area (Å²) in [4.78, 5) is 9.73. The number of ether oxygens (including phenoxy) is 2. The molecule has 2 aliphatic rings. The highest BCUT2D eigenvalue weighted by atomic mass is 32.2. The Bertz CT molecular complexity index is 814. The fourth-order valence-corrected chi connectivity index (χ4v) is 4.71. The van der Waals surface area contributed by atoms with Crippen molar-refractivity contribution in [3.05, 3.63) is 65.7 Å². The number of rotatable bonds is 7. The summed E-state index contributed by atoms with van der Waals surface area (Å²) in [7, 11) is 0. The van der Waals surface area contributed by atoms with Crippen LogP contribution in [0.3, 0.4) is 0 Å². The molecule has 2 saturated heterocycles. The highest BCUT2D eigenvalue weighted by Gasteiger charge is 2.44. The first-order valence-corrected chi connectivity index (χ1v) is 11.8. The normalized spacial score (nSPS) is 20.1. The van der Waals surface area contributed by atoms with Gasteiger partial charge in [0.2, 0.25) is 0 Å². The minimum Gasteiger partial charge on any atom is -0.391 e. The quantitative estimate of drug-likeness (QED) is 0.377. The molecule has 2 heterocycles. The van der Waals surface area contributed by atoms with Gasteiger partial charge in [-0.3, -0.25) is 4.90 Å². The Morgan fingerprint density at radius 2 is 1.63 bits per heavy atom. The Morgan fingerprint density at radius 1 is 0.967 bits per heavy atom. The molecule has 0 amide bonds. The van der Waals surface area contributed by atoms with Crippen LogP contribution in [-0.2, 0) is 20.9 Å². The third kappa shape index (κ3) is 4.89. The van der Waals surface area contributed by atoms with Crippen molar-refractivity contribution < 1.29 is 14.3 Å². The van der Waals surface area contributed by atoms with Gasteiger partial charge in [-0.15, -0.1) is 11.8 Å². The molecular weight excluding hydrogens is 396 g/mol. The monoisotopic (exact) mass is 426 g/mol. The van der Waals surface area contributed by atoms with Gasteiger partial charge in [0, 0.05) is 36.8 Å². The fraction of sp³-hybridized carbons (Fsp3) is 0.458. The third-order valence-electron chi connectivity index (χ3n) is 5.97. The van der Waals surface area contributed by atoms with Crippen LogP contribution in [0.15, 0.2) is 64.6 Å². The lowest BCUT2D eigenvalue weighted by Crippen LogP contribution is -2.60. The molecule has 2 aromatic carbocycles. The van der Waals surface area contributed by atoms with Crippen LogP contribution in [0.1, 0.15) is 24.0 Å². The molecule has 5 nitrogen and oxygen atoms in total. The molecule has 160 valence electrons. The zero-order valence-electron chi connectivity index (χ0n) is 17.6. The predicted octanol–water partition coefficient (Wildman–Crippen LogP) is 4.21. The summed E-state index contributed by atoms with van der Waals surface area (Å²) in [5.74, 6) is 0. The molecule has 0 N–H and O–H groups in total. The molecule has 0 bridgehead atoms. The van der Waals surface area contributed by atoms with Crippen LogP contribution in [0.2, 0.25) is 0 Å². The summed E-state index contributed by atoms with van der Waals surface area (Å²) < 4.78 is 11.4. The van der Waals surface area contributed by atoms with Gasteiger partial charge in [0.1, 0.15) is 12.3 Å². The zero-order valence-corrected chi connectivity index (χ0v) is 18.4. The Labute approximate surface area is 183 Å². The number of benzene rings is 2. The van der Waals surface area contributed by atoms with E-state index in [2.05, 4.69) is 47.6 Å². The van der Waals surface area contributed by atoms with Crippen LogP contribution < -0.4 is 0 Å². The van der Waals surface area contributed by atoms with Crippen molar-refractivity contribution in [2.45, 2.75) is 29.9 Å². The van der Waals surface area contributed by atoms with E-state index in [0.29, 0.717) is 6.61 Å². The summed E-state index contributed by atoms with van der Waals surface area (Å²) in [6.07, 6.45) is 3.91. The van der Waals surface area contributed by atoms with Gasteiger partial charge in [-0.05, 0) is 36.8 Å². The predicted molar refractivity (Wildman–Crippen MR) is 121 cm³/mol. The van der Waals surface area contributed by atoms with Gasteiger partial charge in [-0.25, -0.2) is 0 Å². The summed E-state index contributed by atoms with van der Waals surface area (Å²) in [6.45, 7) is 5.25. The number of oxime groups is 1. The molecule has 0 unspecified atom stereocenters. The number of hydrogen-bond donors (Lipinski definition) is 0. The van der Waals surface area contributed by atoms with Gasteiger partial charge in [-0.2, -0.15) is 0 Å². The van der Waals surface area contributed by atoms with Gasteiger partial charge in [-0.1, -0.05) is 47.6 Å². The number of thioether (sulfide) groups is 1. The molecule has 0 radical (unpaired) electrons. The van der Waals surface area contributed by atoms with Crippen molar-refractivity contribution in [2.75, 3.05) is 45.8 Å². The maximum absolute atomic E-state index is 5.95. The van der Waals surface area contributed by atoms with Crippen LogP contribution in [0.4, 0.5) is 0 Å². The van der Waals surface area contributed by atoms with E-state index in [1.807, 2.05) is 18.2 Å². The summed E-state index contributed by atoms with van der Waals surface area (Å²) in [5, 5.41) is 4.79. The largest absolute Gasteiger partial charge is 0.391 e. The van der Waals surface area contributed by atoms with Crippen molar-refractivity contribution in [3.63, 3.8) is 0 Å². The number of hydrogen-bond acceptors (Lipinski definition) is 6. The Morgan fingerprint density at radius 3 is 2.30 bits per heavy atom. The second kappa shape index (κ2) is 10.4. The van der Waals surface area contributed by atoms with E-state index >= 15 is 0 Å². The summed E-state index contributed by atoms with van der Waals surface area (Å²) in [6, 6.07) is 18.9. The second-order valence-electron chi connectivity index (χ2n) is 7.67. The minimum absolute atomic E-state index is 0.195. The lowest BCUT2D eigenvalue weighted by atomic mass is 9.79. The first kappa shape index (κ1) is 21.4. The third-order valence-corrected chi connectivity index (χ3v) is 6.71. The molecule has 0 aromatic heterocycles. The standard InChI is InChI=1S/C24H30N2O3S/c1-30-22-9-7-21(8-10-22)23(25-29-19-20-5-3-2-4-6-20)24(11-15-27-16-12-24)26-13-17-28-18-14-26/h2-10H,11-19H2,1H3. The van der Waals surface area contributed by atoms with Gasteiger partial charge < -0.3 is 14.3 Å². The maximum Gasteiger partial charge on any atom is 0.142 e.